The molecule has 0 heterocycles. The Morgan fingerprint density at radius 1 is 1.05 bits per heavy atom. The SMILES string of the molecule is Cc1cc(C(Cl)c2ccc(I)c(Cl)c2)cc(C)c1F. The average molecular weight is 409 g/mol. The minimum atomic E-state index is -0.326. The number of halogens is 4. The van der Waals surface area contributed by atoms with Gasteiger partial charge in [-0.1, -0.05) is 29.8 Å². The Balaban J connectivity index is 2.43. The summed E-state index contributed by atoms with van der Waals surface area (Å²) < 4.78 is 14.6. The predicted molar refractivity (Wildman–Crippen MR) is 87.7 cm³/mol. The lowest BCUT2D eigenvalue weighted by Crippen LogP contribution is -1.98. The Hall–Kier alpha value is -0.320. The molecule has 2 rings (SSSR count). The first-order valence-corrected chi connectivity index (χ1v) is 7.65. The molecule has 0 aromatic heterocycles. The molecule has 4 heteroatoms. The van der Waals surface area contributed by atoms with Gasteiger partial charge in [0.15, 0.2) is 0 Å². The summed E-state index contributed by atoms with van der Waals surface area (Å²) in [4.78, 5) is 0. The van der Waals surface area contributed by atoms with Crippen molar-refractivity contribution in [3.8, 4) is 0 Å². The second-order valence-corrected chi connectivity index (χ2v) is 6.51. The first-order valence-electron chi connectivity index (χ1n) is 5.76. The van der Waals surface area contributed by atoms with Crippen molar-refractivity contribution in [3.05, 3.63) is 67.0 Å². The van der Waals surface area contributed by atoms with Gasteiger partial charge >= 0.3 is 0 Å². The highest BCUT2D eigenvalue weighted by molar-refractivity contribution is 14.1. The van der Waals surface area contributed by atoms with Crippen LogP contribution in [0.25, 0.3) is 0 Å². The third-order valence-corrected chi connectivity index (χ3v) is 5.06. The van der Waals surface area contributed by atoms with Gasteiger partial charge in [-0.25, -0.2) is 4.39 Å². The summed E-state index contributed by atoms with van der Waals surface area (Å²) in [5.74, 6) is -0.173. The molecular weight excluding hydrogens is 397 g/mol. The Morgan fingerprint density at radius 2 is 1.63 bits per heavy atom. The molecule has 100 valence electrons. The molecule has 0 saturated carbocycles. The fourth-order valence-electron chi connectivity index (χ4n) is 1.99. The summed E-state index contributed by atoms with van der Waals surface area (Å²) in [6, 6.07) is 9.29. The molecule has 0 nitrogen and oxygen atoms in total. The summed E-state index contributed by atoms with van der Waals surface area (Å²) in [5.41, 5.74) is 3.02. The smallest absolute Gasteiger partial charge is 0.129 e. The van der Waals surface area contributed by atoms with Crippen LogP contribution in [-0.2, 0) is 0 Å². The zero-order valence-electron chi connectivity index (χ0n) is 10.5. The standard InChI is InChI=1S/C15H12Cl2FI/c1-8-5-11(6-9(2)15(8)18)14(17)10-3-4-13(19)12(16)7-10/h3-7,14H,1-2H3. The van der Waals surface area contributed by atoms with Gasteiger partial charge in [0.1, 0.15) is 5.82 Å². The van der Waals surface area contributed by atoms with Gasteiger partial charge in [0.05, 0.1) is 10.4 Å². The van der Waals surface area contributed by atoms with E-state index in [1.165, 1.54) is 0 Å². The lowest BCUT2D eigenvalue weighted by Gasteiger charge is -2.14. The van der Waals surface area contributed by atoms with E-state index in [0.717, 1.165) is 14.7 Å². The first kappa shape index (κ1) is 15.1. The normalized spacial score (nSPS) is 12.5. The van der Waals surface area contributed by atoms with Crippen molar-refractivity contribution in [1.82, 2.24) is 0 Å². The highest BCUT2D eigenvalue weighted by Crippen LogP contribution is 2.33. The lowest BCUT2D eigenvalue weighted by atomic mass is 10.00. The van der Waals surface area contributed by atoms with Crippen molar-refractivity contribution < 1.29 is 4.39 Å². The highest BCUT2D eigenvalue weighted by atomic mass is 127. The van der Waals surface area contributed by atoms with Crippen LogP contribution in [0.2, 0.25) is 5.02 Å². The van der Waals surface area contributed by atoms with Gasteiger partial charge in [0.2, 0.25) is 0 Å². The molecule has 0 N–H and O–H groups in total. The molecule has 19 heavy (non-hydrogen) atoms. The van der Waals surface area contributed by atoms with E-state index < -0.39 is 0 Å². The molecule has 0 spiro atoms. The minimum absolute atomic E-state index is 0.173. The van der Waals surface area contributed by atoms with Gasteiger partial charge in [0, 0.05) is 3.57 Å². The summed E-state index contributed by atoms with van der Waals surface area (Å²) >= 11 is 14.7. The number of benzene rings is 2. The number of hydrogen-bond acceptors (Lipinski definition) is 0. The third kappa shape index (κ3) is 3.23. The summed E-state index contributed by atoms with van der Waals surface area (Å²) in [7, 11) is 0. The predicted octanol–water partition coefficient (Wildman–Crippen LogP) is 6.03. The topological polar surface area (TPSA) is 0 Å². The van der Waals surface area contributed by atoms with E-state index in [1.807, 2.05) is 18.2 Å². The molecule has 1 atom stereocenters. The molecule has 0 bridgehead atoms. The number of alkyl halides is 1. The van der Waals surface area contributed by atoms with Crippen LogP contribution in [0, 0.1) is 23.2 Å². The summed E-state index contributed by atoms with van der Waals surface area (Å²) in [6.07, 6.45) is 0. The summed E-state index contributed by atoms with van der Waals surface area (Å²) in [6.45, 7) is 3.49. The van der Waals surface area contributed by atoms with Crippen LogP contribution in [0.4, 0.5) is 4.39 Å². The van der Waals surface area contributed by atoms with Crippen molar-refractivity contribution in [1.29, 1.82) is 0 Å². The van der Waals surface area contributed by atoms with Crippen LogP contribution < -0.4 is 0 Å². The molecule has 2 aromatic carbocycles. The average Bonchev–Trinajstić information content (AvgIpc) is 2.37. The number of hydrogen-bond donors (Lipinski definition) is 0. The van der Waals surface area contributed by atoms with Crippen LogP contribution in [0.1, 0.15) is 27.6 Å². The van der Waals surface area contributed by atoms with Gasteiger partial charge < -0.3 is 0 Å². The number of aryl methyl sites for hydroxylation is 2. The molecule has 0 aliphatic rings. The largest absolute Gasteiger partial charge is 0.206 e. The van der Waals surface area contributed by atoms with Crippen molar-refractivity contribution in [2.45, 2.75) is 19.2 Å². The Kier molecular flexibility index (Phi) is 4.75. The van der Waals surface area contributed by atoms with E-state index in [-0.39, 0.29) is 11.2 Å². The first-order chi connectivity index (χ1) is 8.90. The fourth-order valence-corrected chi connectivity index (χ4v) is 2.77. The lowest BCUT2D eigenvalue weighted by molar-refractivity contribution is 0.608. The monoisotopic (exact) mass is 408 g/mol. The van der Waals surface area contributed by atoms with Crippen molar-refractivity contribution in [3.63, 3.8) is 0 Å². The van der Waals surface area contributed by atoms with E-state index >= 15 is 0 Å². The maximum atomic E-state index is 13.6. The fraction of sp³-hybridized carbons (Fsp3) is 0.200. The maximum Gasteiger partial charge on any atom is 0.129 e. The minimum Gasteiger partial charge on any atom is -0.206 e. The van der Waals surface area contributed by atoms with E-state index in [2.05, 4.69) is 22.6 Å². The quantitative estimate of drug-likeness (QED) is 0.420. The van der Waals surface area contributed by atoms with Crippen LogP contribution >= 0.6 is 45.8 Å². The van der Waals surface area contributed by atoms with Gasteiger partial charge in [-0.2, -0.15) is 0 Å². The van der Waals surface area contributed by atoms with E-state index in [1.54, 1.807) is 26.0 Å². The molecule has 0 amide bonds. The Labute approximate surface area is 136 Å². The van der Waals surface area contributed by atoms with E-state index in [9.17, 15) is 4.39 Å². The molecule has 1 unspecified atom stereocenters. The third-order valence-electron chi connectivity index (χ3n) is 2.99. The van der Waals surface area contributed by atoms with Gasteiger partial charge in [0.25, 0.3) is 0 Å². The molecule has 0 aliphatic heterocycles. The van der Waals surface area contributed by atoms with E-state index in [4.69, 9.17) is 23.2 Å². The molecular formula is C15H12Cl2FI. The second-order valence-electron chi connectivity index (χ2n) is 4.50. The molecule has 0 fully saturated rings. The van der Waals surface area contributed by atoms with Gasteiger partial charge in [-0.05, 0) is 70.8 Å². The maximum absolute atomic E-state index is 13.6. The van der Waals surface area contributed by atoms with Crippen LogP contribution in [0.5, 0.6) is 0 Å². The molecule has 0 radical (unpaired) electrons. The van der Waals surface area contributed by atoms with Crippen molar-refractivity contribution >= 4 is 45.8 Å². The van der Waals surface area contributed by atoms with Gasteiger partial charge in [-0.3, -0.25) is 0 Å². The molecule has 2 aromatic rings. The van der Waals surface area contributed by atoms with Crippen LogP contribution in [-0.4, -0.2) is 0 Å². The molecule has 0 aliphatic carbocycles. The Bertz CT molecular complexity index is 603. The molecule has 0 saturated heterocycles. The second kappa shape index (κ2) is 5.98. The zero-order chi connectivity index (χ0) is 14.2. The van der Waals surface area contributed by atoms with Gasteiger partial charge in [-0.15, -0.1) is 11.6 Å². The van der Waals surface area contributed by atoms with Crippen molar-refractivity contribution in [2.24, 2.45) is 0 Å². The zero-order valence-corrected chi connectivity index (χ0v) is 14.1. The van der Waals surface area contributed by atoms with E-state index in [0.29, 0.717) is 16.1 Å². The summed E-state index contributed by atoms with van der Waals surface area (Å²) in [5, 5.41) is 0.354. The van der Waals surface area contributed by atoms with Crippen LogP contribution in [0.15, 0.2) is 30.3 Å². The Morgan fingerprint density at radius 3 is 2.16 bits per heavy atom. The van der Waals surface area contributed by atoms with Crippen LogP contribution in [0.3, 0.4) is 0 Å². The van der Waals surface area contributed by atoms with Crippen molar-refractivity contribution in [2.75, 3.05) is 0 Å². The number of rotatable bonds is 2. The highest BCUT2D eigenvalue weighted by Gasteiger charge is 2.15.